The molecule has 0 fully saturated rings. The number of carbonyl (C=O) groups excluding carboxylic acids is 1. The number of halogens is 1. The number of ether oxygens (including phenoxy) is 1. The van der Waals surface area contributed by atoms with Crippen LogP contribution >= 0.6 is 15.9 Å². The molecule has 0 aliphatic heterocycles. The second-order valence-electron chi connectivity index (χ2n) is 4.36. The van der Waals surface area contributed by atoms with Crippen molar-refractivity contribution in [1.82, 2.24) is 0 Å². The summed E-state index contributed by atoms with van der Waals surface area (Å²) in [5, 5.41) is 11.1. The first-order valence-corrected chi connectivity index (χ1v) is 7.84. The van der Waals surface area contributed by atoms with E-state index in [9.17, 15) is 9.90 Å². The predicted molar refractivity (Wildman–Crippen MR) is 80.6 cm³/mol. The summed E-state index contributed by atoms with van der Waals surface area (Å²) in [7, 11) is 0. The van der Waals surface area contributed by atoms with E-state index in [1.54, 1.807) is 19.1 Å². The zero-order valence-electron chi connectivity index (χ0n) is 11.5. The first-order chi connectivity index (χ1) is 9.15. The monoisotopic (exact) mass is 328 g/mol. The van der Waals surface area contributed by atoms with Crippen molar-refractivity contribution in [3.63, 3.8) is 0 Å². The summed E-state index contributed by atoms with van der Waals surface area (Å²) in [6, 6.07) is 3.45. The highest BCUT2D eigenvalue weighted by Crippen LogP contribution is 2.33. The number of hydrogen-bond acceptors (Lipinski definition) is 3. The Morgan fingerprint density at radius 2 is 2.11 bits per heavy atom. The Hall–Kier alpha value is -1.03. The first-order valence-electron chi connectivity index (χ1n) is 6.72. The molecule has 0 aliphatic rings. The highest BCUT2D eigenvalue weighted by Gasteiger charge is 2.16. The van der Waals surface area contributed by atoms with Crippen LogP contribution in [0, 0.1) is 0 Å². The fraction of sp³-hybridized carbons (Fsp3) is 0.533. The third-order valence-electron chi connectivity index (χ3n) is 2.90. The van der Waals surface area contributed by atoms with Crippen molar-refractivity contribution in [3.05, 3.63) is 23.3 Å². The van der Waals surface area contributed by atoms with Crippen LogP contribution in [0.2, 0.25) is 0 Å². The normalized spacial score (nSPS) is 10.5. The third kappa shape index (κ3) is 4.23. The van der Waals surface area contributed by atoms with E-state index in [1.165, 1.54) is 0 Å². The van der Waals surface area contributed by atoms with Gasteiger partial charge in [0.05, 0.1) is 12.2 Å². The summed E-state index contributed by atoms with van der Waals surface area (Å²) in [5.74, 6) is 0.736. The van der Waals surface area contributed by atoms with Crippen LogP contribution < -0.4 is 4.74 Å². The molecule has 0 radical (unpaired) electrons. The summed E-state index contributed by atoms with van der Waals surface area (Å²) in [5.41, 5.74) is 1.15. The van der Waals surface area contributed by atoms with Crippen LogP contribution in [0.25, 0.3) is 0 Å². The van der Waals surface area contributed by atoms with Crippen molar-refractivity contribution in [3.8, 4) is 11.5 Å². The van der Waals surface area contributed by atoms with Gasteiger partial charge in [0, 0.05) is 17.3 Å². The topological polar surface area (TPSA) is 46.5 Å². The Kier molecular flexibility index (Phi) is 6.92. The van der Waals surface area contributed by atoms with Crippen LogP contribution in [0.5, 0.6) is 11.5 Å². The molecule has 0 aliphatic carbocycles. The Morgan fingerprint density at radius 1 is 1.37 bits per heavy atom. The fourth-order valence-corrected chi connectivity index (χ4v) is 2.13. The maximum absolute atomic E-state index is 11.8. The van der Waals surface area contributed by atoms with E-state index >= 15 is 0 Å². The third-order valence-corrected chi connectivity index (χ3v) is 3.46. The van der Waals surface area contributed by atoms with Crippen molar-refractivity contribution in [1.29, 1.82) is 0 Å². The van der Waals surface area contributed by atoms with Gasteiger partial charge < -0.3 is 9.84 Å². The van der Waals surface area contributed by atoms with Crippen LogP contribution in [-0.4, -0.2) is 22.8 Å². The van der Waals surface area contributed by atoms with Gasteiger partial charge in [-0.2, -0.15) is 0 Å². The van der Waals surface area contributed by atoms with E-state index in [0.29, 0.717) is 30.8 Å². The van der Waals surface area contributed by atoms with Gasteiger partial charge in [0.15, 0.2) is 5.78 Å². The van der Waals surface area contributed by atoms with Crippen LogP contribution in [0.4, 0.5) is 0 Å². The van der Waals surface area contributed by atoms with E-state index in [0.717, 1.165) is 23.7 Å². The molecule has 0 spiro atoms. The van der Waals surface area contributed by atoms with Crippen molar-refractivity contribution < 1.29 is 14.6 Å². The molecular weight excluding hydrogens is 308 g/mol. The average molecular weight is 329 g/mol. The van der Waals surface area contributed by atoms with Gasteiger partial charge in [-0.25, -0.2) is 0 Å². The van der Waals surface area contributed by atoms with E-state index in [-0.39, 0.29) is 11.5 Å². The van der Waals surface area contributed by atoms with Gasteiger partial charge in [-0.1, -0.05) is 36.2 Å². The summed E-state index contributed by atoms with van der Waals surface area (Å²) in [6.07, 6.45) is 2.90. The molecular formula is C15H21BrO3. The average Bonchev–Trinajstić information content (AvgIpc) is 2.42. The standard InChI is InChI=1S/C15H21BrO3/c1-3-6-12-14(19-10-5-9-16)8-7-11(15(12)18)13(17)4-2/h7-8,18H,3-6,9-10H2,1-2H3. The van der Waals surface area contributed by atoms with Gasteiger partial charge in [-0.15, -0.1) is 0 Å². The maximum Gasteiger partial charge on any atom is 0.166 e. The summed E-state index contributed by atoms with van der Waals surface area (Å²) < 4.78 is 5.68. The smallest absolute Gasteiger partial charge is 0.166 e. The van der Waals surface area contributed by atoms with Crippen LogP contribution in [0.15, 0.2) is 12.1 Å². The minimum absolute atomic E-state index is 0.0399. The number of phenols is 1. The molecule has 0 heterocycles. The van der Waals surface area contributed by atoms with Crippen molar-refractivity contribution >= 4 is 21.7 Å². The minimum Gasteiger partial charge on any atom is -0.507 e. The Bertz CT molecular complexity index is 430. The molecule has 1 aromatic carbocycles. The number of alkyl halides is 1. The van der Waals surface area contributed by atoms with E-state index in [1.807, 2.05) is 6.92 Å². The molecule has 19 heavy (non-hydrogen) atoms. The molecule has 1 aromatic rings. The molecule has 0 unspecified atom stereocenters. The lowest BCUT2D eigenvalue weighted by atomic mass is 10.00. The molecule has 0 saturated heterocycles. The zero-order valence-corrected chi connectivity index (χ0v) is 13.1. The SMILES string of the molecule is CCCc1c(OCCCBr)ccc(C(=O)CC)c1O. The second-order valence-corrected chi connectivity index (χ2v) is 5.15. The van der Waals surface area contributed by atoms with E-state index in [2.05, 4.69) is 15.9 Å². The number of rotatable bonds is 8. The van der Waals surface area contributed by atoms with Gasteiger partial charge in [-0.3, -0.25) is 4.79 Å². The molecule has 0 amide bonds. The Balaban J connectivity index is 3.04. The molecule has 0 bridgehead atoms. The van der Waals surface area contributed by atoms with Crippen LogP contribution in [0.1, 0.15) is 49.0 Å². The quantitative estimate of drug-likeness (QED) is 0.444. The Labute approximate surface area is 123 Å². The highest BCUT2D eigenvalue weighted by molar-refractivity contribution is 9.09. The Morgan fingerprint density at radius 3 is 2.68 bits per heavy atom. The zero-order chi connectivity index (χ0) is 14.3. The maximum atomic E-state index is 11.8. The number of ketones is 1. The summed E-state index contributed by atoms with van der Waals surface area (Å²) in [6.45, 7) is 4.43. The molecule has 106 valence electrons. The number of aromatic hydroxyl groups is 1. The lowest BCUT2D eigenvalue weighted by Gasteiger charge is -2.14. The molecule has 3 nitrogen and oxygen atoms in total. The number of Topliss-reactive ketones (excluding diaryl/α,β-unsaturated/α-hetero) is 1. The molecule has 1 rings (SSSR count). The molecule has 0 atom stereocenters. The molecule has 0 saturated carbocycles. The summed E-state index contributed by atoms with van der Waals surface area (Å²) in [4.78, 5) is 11.8. The van der Waals surface area contributed by atoms with Gasteiger partial charge in [-0.05, 0) is 25.0 Å². The predicted octanol–water partition coefficient (Wildman–Crippen LogP) is 4.10. The van der Waals surface area contributed by atoms with E-state index < -0.39 is 0 Å². The molecule has 4 heteroatoms. The van der Waals surface area contributed by atoms with Crippen molar-refractivity contribution in [2.45, 2.75) is 39.5 Å². The second kappa shape index (κ2) is 8.20. The molecule has 0 aromatic heterocycles. The van der Waals surface area contributed by atoms with Crippen molar-refractivity contribution in [2.75, 3.05) is 11.9 Å². The minimum atomic E-state index is -0.0399. The lowest BCUT2D eigenvalue weighted by Crippen LogP contribution is -2.04. The summed E-state index contributed by atoms with van der Waals surface area (Å²) >= 11 is 3.35. The van der Waals surface area contributed by atoms with Gasteiger partial charge in [0.2, 0.25) is 0 Å². The number of hydrogen-bond donors (Lipinski definition) is 1. The number of benzene rings is 1. The lowest BCUT2D eigenvalue weighted by molar-refractivity contribution is 0.0985. The van der Waals surface area contributed by atoms with Crippen LogP contribution in [0.3, 0.4) is 0 Å². The highest BCUT2D eigenvalue weighted by atomic mass is 79.9. The fourth-order valence-electron chi connectivity index (χ4n) is 1.90. The van der Waals surface area contributed by atoms with Crippen molar-refractivity contribution in [2.24, 2.45) is 0 Å². The largest absolute Gasteiger partial charge is 0.507 e. The molecule has 1 N–H and O–H groups in total. The number of phenolic OH excluding ortho intramolecular Hbond substituents is 1. The van der Waals surface area contributed by atoms with Crippen LogP contribution in [-0.2, 0) is 6.42 Å². The van der Waals surface area contributed by atoms with Gasteiger partial charge in [0.1, 0.15) is 11.5 Å². The first kappa shape index (κ1) is 16.0. The van der Waals surface area contributed by atoms with Gasteiger partial charge >= 0.3 is 0 Å². The van der Waals surface area contributed by atoms with Gasteiger partial charge in [0.25, 0.3) is 0 Å². The van der Waals surface area contributed by atoms with E-state index in [4.69, 9.17) is 4.74 Å². The number of carbonyl (C=O) groups is 1.